The standard InChI is InChI=1S/C28H25F2N5O/c1-34-18-33-16-22(34)17-35(27-14-25(29)21(15-31)13-26(27)30)12-4-5-19-8-10-20(11-9-19)23-6-2-3-7-24(23)28(32)36/h2-3,6-11,13-14,16,18H,4-5,12,17H2,1H3,(H2,32,36). The first-order chi connectivity index (χ1) is 17.4. The van der Waals surface area contributed by atoms with Gasteiger partial charge in [0.1, 0.15) is 17.7 Å². The number of primary amides is 1. The molecule has 0 radical (unpaired) electrons. The molecule has 6 nitrogen and oxygen atoms in total. The number of carbonyl (C=O) groups is 1. The van der Waals surface area contributed by atoms with Gasteiger partial charge in [0.2, 0.25) is 5.91 Å². The second-order valence-corrected chi connectivity index (χ2v) is 8.52. The van der Waals surface area contributed by atoms with E-state index in [1.807, 2.05) is 48.0 Å². The first-order valence-corrected chi connectivity index (χ1v) is 11.4. The Balaban J connectivity index is 1.50. The minimum absolute atomic E-state index is 0.103. The summed E-state index contributed by atoms with van der Waals surface area (Å²) in [4.78, 5) is 17.6. The van der Waals surface area contributed by atoms with Crippen molar-refractivity contribution in [1.29, 1.82) is 5.26 Å². The summed E-state index contributed by atoms with van der Waals surface area (Å²) in [5.41, 5.74) is 9.33. The Hall–Kier alpha value is -4.51. The van der Waals surface area contributed by atoms with Crippen LogP contribution in [0.15, 0.2) is 73.2 Å². The van der Waals surface area contributed by atoms with Crippen LogP contribution in [0, 0.1) is 23.0 Å². The highest BCUT2D eigenvalue weighted by molar-refractivity contribution is 5.99. The van der Waals surface area contributed by atoms with Gasteiger partial charge in [0.05, 0.1) is 29.8 Å². The fourth-order valence-corrected chi connectivity index (χ4v) is 4.16. The highest BCUT2D eigenvalue weighted by Gasteiger charge is 2.17. The van der Waals surface area contributed by atoms with E-state index in [2.05, 4.69) is 4.98 Å². The molecule has 8 heteroatoms. The van der Waals surface area contributed by atoms with Crippen LogP contribution < -0.4 is 10.6 Å². The first kappa shape index (κ1) is 24.6. The van der Waals surface area contributed by atoms with Gasteiger partial charge in [-0.05, 0) is 41.7 Å². The lowest BCUT2D eigenvalue weighted by molar-refractivity contribution is 0.100. The number of imidazole rings is 1. The van der Waals surface area contributed by atoms with Gasteiger partial charge in [0.15, 0.2) is 0 Å². The van der Waals surface area contributed by atoms with Gasteiger partial charge in [0, 0.05) is 31.4 Å². The lowest BCUT2D eigenvalue weighted by Crippen LogP contribution is -2.26. The molecule has 0 fully saturated rings. The maximum absolute atomic E-state index is 14.8. The van der Waals surface area contributed by atoms with Crippen molar-refractivity contribution in [3.05, 3.63) is 107 Å². The van der Waals surface area contributed by atoms with E-state index in [4.69, 9.17) is 11.0 Å². The monoisotopic (exact) mass is 485 g/mol. The fourth-order valence-electron chi connectivity index (χ4n) is 4.16. The molecule has 0 aliphatic rings. The highest BCUT2D eigenvalue weighted by atomic mass is 19.1. The maximum atomic E-state index is 14.8. The molecule has 4 rings (SSSR count). The Morgan fingerprint density at radius 1 is 1.11 bits per heavy atom. The molecule has 0 aliphatic heterocycles. The lowest BCUT2D eigenvalue weighted by atomic mass is 9.97. The number of nitriles is 1. The van der Waals surface area contributed by atoms with Crippen molar-refractivity contribution in [3.8, 4) is 17.2 Å². The van der Waals surface area contributed by atoms with E-state index < -0.39 is 17.5 Å². The van der Waals surface area contributed by atoms with Crippen LogP contribution in [-0.2, 0) is 20.0 Å². The zero-order valence-electron chi connectivity index (χ0n) is 19.8. The van der Waals surface area contributed by atoms with Crippen LogP contribution in [0.2, 0.25) is 0 Å². The van der Waals surface area contributed by atoms with E-state index in [-0.39, 0.29) is 11.3 Å². The molecule has 0 saturated heterocycles. The Morgan fingerprint density at radius 3 is 2.53 bits per heavy atom. The van der Waals surface area contributed by atoms with E-state index in [1.54, 1.807) is 35.6 Å². The van der Waals surface area contributed by atoms with E-state index in [0.29, 0.717) is 31.5 Å². The van der Waals surface area contributed by atoms with Crippen molar-refractivity contribution >= 4 is 11.6 Å². The molecular formula is C28H25F2N5O. The van der Waals surface area contributed by atoms with Crippen molar-refractivity contribution in [2.45, 2.75) is 19.4 Å². The molecule has 0 aliphatic carbocycles. The first-order valence-electron chi connectivity index (χ1n) is 11.4. The zero-order valence-corrected chi connectivity index (χ0v) is 19.8. The molecule has 1 aromatic heterocycles. The molecule has 0 bridgehead atoms. The number of hydrogen-bond acceptors (Lipinski definition) is 4. The predicted molar refractivity (Wildman–Crippen MR) is 134 cm³/mol. The van der Waals surface area contributed by atoms with Crippen LogP contribution >= 0.6 is 0 Å². The summed E-state index contributed by atoms with van der Waals surface area (Å²) in [6.07, 6.45) is 4.73. The number of anilines is 1. The number of nitrogens with zero attached hydrogens (tertiary/aromatic N) is 4. The number of amides is 1. The molecule has 0 unspecified atom stereocenters. The fraction of sp³-hybridized carbons (Fsp3) is 0.179. The summed E-state index contributed by atoms with van der Waals surface area (Å²) >= 11 is 0. The molecule has 0 atom stereocenters. The SMILES string of the molecule is Cn1cncc1CN(CCCc1ccc(-c2ccccc2C(N)=O)cc1)c1cc(F)c(C#N)cc1F. The number of aryl methyl sites for hydroxylation is 2. The van der Waals surface area contributed by atoms with Gasteiger partial charge in [-0.15, -0.1) is 0 Å². The number of rotatable bonds is 9. The third-order valence-electron chi connectivity index (χ3n) is 6.12. The number of halogens is 2. The van der Waals surface area contributed by atoms with E-state index in [9.17, 15) is 13.6 Å². The molecule has 1 heterocycles. The largest absolute Gasteiger partial charge is 0.366 e. The molecule has 182 valence electrons. The summed E-state index contributed by atoms with van der Waals surface area (Å²) in [7, 11) is 1.84. The molecule has 4 aromatic rings. The summed E-state index contributed by atoms with van der Waals surface area (Å²) in [5.74, 6) is -1.88. The minimum atomic E-state index is -0.754. The molecule has 0 spiro atoms. The molecule has 36 heavy (non-hydrogen) atoms. The average Bonchev–Trinajstić information content (AvgIpc) is 3.29. The summed E-state index contributed by atoms with van der Waals surface area (Å²) < 4.78 is 31.0. The van der Waals surface area contributed by atoms with Crippen LogP contribution in [-0.4, -0.2) is 22.0 Å². The summed E-state index contributed by atoms with van der Waals surface area (Å²) in [6.45, 7) is 0.793. The van der Waals surface area contributed by atoms with Crippen molar-refractivity contribution in [1.82, 2.24) is 9.55 Å². The predicted octanol–water partition coefficient (Wildman–Crippen LogP) is 4.98. The van der Waals surface area contributed by atoms with Crippen LogP contribution in [0.1, 0.15) is 33.6 Å². The van der Waals surface area contributed by atoms with Gasteiger partial charge in [-0.1, -0.05) is 42.5 Å². The molecule has 3 aromatic carbocycles. The van der Waals surface area contributed by atoms with E-state index in [0.717, 1.165) is 34.5 Å². The Kier molecular flexibility index (Phi) is 7.40. The Morgan fingerprint density at radius 2 is 1.86 bits per heavy atom. The Bertz CT molecular complexity index is 1420. The van der Waals surface area contributed by atoms with Crippen molar-refractivity contribution in [2.24, 2.45) is 12.8 Å². The third kappa shape index (κ3) is 5.41. The van der Waals surface area contributed by atoms with Gasteiger partial charge in [-0.2, -0.15) is 5.26 Å². The Labute approximate surface area is 208 Å². The van der Waals surface area contributed by atoms with Crippen LogP contribution in [0.25, 0.3) is 11.1 Å². The van der Waals surface area contributed by atoms with Crippen LogP contribution in [0.5, 0.6) is 0 Å². The van der Waals surface area contributed by atoms with Gasteiger partial charge in [-0.25, -0.2) is 13.8 Å². The quantitative estimate of drug-likeness (QED) is 0.362. The van der Waals surface area contributed by atoms with Gasteiger partial charge in [0.25, 0.3) is 0 Å². The van der Waals surface area contributed by atoms with Crippen LogP contribution in [0.3, 0.4) is 0 Å². The van der Waals surface area contributed by atoms with Crippen molar-refractivity contribution in [3.63, 3.8) is 0 Å². The maximum Gasteiger partial charge on any atom is 0.249 e. The summed E-state index contributed by atoms with van der Waals surface area (Å²) in [5, 5.41) is 9.01. The molecular weight excluding hydrogens is 460 g/mol. The van der Waals surface area contributed by atoms with E-state index in [1.165, 1.54) is 0 Å². The van der Waals surface area contributed by atoms with E-state index >= 15 is 0 Å². The zero-order chi connectivity index (χ0) is 25.7. The summed E-state index contributed by atoms with van der Waals surface area (Å²) in [6, 6.07) is 18.7. The third-order valence-corrected chi connectivity index (χ3v) is 6.12. The highest BCUT2D eigenvalue weighted by Crippen LogP contribution is 2.26. The van der Waals surface area contributed by atoms with Crippen LogP contribution in [0.4, 0.5) is 14.5 Å². The lowest BCUT2D eigenvalue weighted by Gasteiger charge is -2.26. The normalized spacial score (nSPS) is 10.7. The number of carbonyl (C=O) groups excluding carboxylic acids is 1. The average molecular weight is 486 g/mol. The second kappa shape index (κ2) is 10.8. The molecule has 0 saturated carbocycles. The number of benzene rings is 3. The number of nitrogens with two attached hydrogens (primary N) is 1. The van der Waals surface area contributed by atoms with Gasteiger partial charge >= 0.3 is 0 Å². The smallest absolute Gasteiger partial charge is 0.249 e. The number of aromatic nitrogens is 2. The second-order valence-electron chi connectivity index (χ2n) is 8.52. The topological polar surface area (TPSA) is 87.9 Å². The van der Waals surface area contributed by atoms with Crippen molar-refractivity contribution < 1.29 is 13.6 Å². The molecule has 1 amide bonds. The number of hydrogen-bond donors (Lipinski definition) is 1. The van der Waals surface area contributed by atoms with Gasteiger partial charge in [-0.3, -0.25) is 4.79 Å². The van der Waals surface area contributed by atoms with Gasteiger partial charge < -0.3 is 15.2 Å². The van der Waals surface area contributed by atoms with Crippen molar-refractivity contribution in [2.75, 3.05) is 11.4 Å². The molecule has 2 N–H and O–H groups in total. The minimum Gasteiger partial charge on any atom is -0.366 e.